The Hall–Kier alpha value is -1.12. The van der Waals surface area contributed by atoms with Gasteiger partial charge in [-0.2, -0.15) is 0 Å². The topological polar surface area (TPSA) is 35.0 Å². The van der Waals surface area contributed by atoms with E-state index in [1.54, 1.807) is 6.33 Å². The van der Waals surface area contributed by atoms with Crippen molar-refractivity contribution in [2.75, 3.05) is 6.61 Å². The van der Waals surface area contributed by atoms with Gasteiger partial charge in [0.25, 0.3) is 0 Å². The first-order valence-electron chi connectivity index (χ1n) is 5.31. The molecule has 1 aromatic rings. The second-order valence-electron chi connectivity index (χ2n) is 2.33. The normalized spacial score (nSPS) is 11.2. The second kappa shape index (κ2) is 7.30. The van der Waals surface area contributed by atoms with Crippen molar-refractivity contribution < 1.29 is 4.74 Å². The van der Waals surface area contributed by atoms with E-state index in [2.05, 4.69) is 9.97 Å². The third kappa shape index (κ3) is 2.98. The van der Waals surface area contributed by atoms with Crippen LogP contribution in [0.5, 0.6) is 5.75 Å². The Kier molecular flexibility index (Phi) is 6.72. The van der Waals surface area contributed by atoms with Gasteiger partial charge in [-0.15, -0.1) is 0 Å². The molecule has 0 N–H and O–H groups in total. The monoisotopic (exact) mass is 196 g/mol. The van der Waals surface area contributed by atoms with Crippen LogP contribution in [0.3, 0.4) is 0 Å². The highest BCUT2D eigenvalue weighted by Gasteiger charge is 2.15. The van der Waals surface area contributed by atoms with Crippen molar-refractivity contribution in [3.63, 3.8) is 0 Å². The van der Waals surface area contributed by atoms with Gasteiger partial charge in [0.2, 0.25) is 0 Å². The van der Waals surface area contributed by atoms with Crippen molar-refractivity contribution in [2.45, 2.75) is 41.0 Å². The number of fused-ring (bicyclic) bond motifs is 1. The van der Waals surface area contributed by atoms with Crippen LogP contribution >= 0.6 is 0 Å². The summed E-state index contributed by atoms with van der Waals surface area (Å²) in [4.78, 5) is 8.10. The van der Waals surface area contributed by atoms with Gasteiger partial charge in [-0.3, -0.25) is 0 Å². The highest BCUT2D eigenvalue weighted by atomic mass is 16.5. The molecule has 0 bridgehead atoms. The van der Waals surface area contributed by atoms with Crippen molar-refractivity contribution in [3.05, 3.63) is 17.7 Å². The minimum Gasteiger partial charge on any atom is -0.489 e. The first-order valence-corrected chi connectivity index (χ1v) is 5.31. The molecule has 0 spiro atoms. The molecule has 0 aliphatic carbocycles. The highest BCUT2D eigenvalue weighted by molar-refractivity contribution is 5.33. The summed E-state index contributed by atoms with van der Waals surface area (Å²) in [7, 11) is 0. The van der Waals surface area contributed by atoms with E-state index in [9.17, 15) is 0 Å². The zero-order valence-electron chi connectivity index (χ0n) is 9.79. The van der Waals surface area contributed by atoms with Crippen LogP contribution in [-0.4, -0.2) is 16.6 Å². The maximum absolute atomic E-state index is 5.30. The molecule has 0 radical (unpaired) electrons. The van der Waals surface area contributed by atoms with Crippen molar-refractivity contribution in [3.8, 4) is 5.75 Å². The molecule has 3 heteroatoms. The van der Waals surface area contributed by atoms with Gasteiger partial charge in [-0.05, 0) is 6.92 Å². The molecule has 0 aromatic carbocycles. The summed E-state index contributed by atoms with van der Waals surface area (Å²) in [5.74, 6) is 0.891. The van der Waals surface area contributed by atoms with Gasteiger partial charge in [0.1, 0.15) is 6.33 Å². The molecular weight excluding hydrogens is 176 g/mol. The fraction of sp³-hybridized carbons (Fsp3) is 0.636. The van der Waals surface area contributed by atoms with Crippen molar-refractivity contribution in [1.29, 1.82) is 0 Å². The maximum atomic E-state index is 5.30. The lowest BCUT2D eigenvalue weighted by atomic mass is 10.3. The van der Waals surface area contributed by atoms with Gasteiger partial charge >= 0.3 is 0 Å². The van der Waals surface area contributed by atoms with Gasteiger partial charge < -0.3 is 4.74 Å². The van der Waals surface area contributed by atoms with Crippen molar-refractivity contribution >= 4 is 0 Å². The van der Waals surface area contributed by atoms with Crippen LogP contribution in [0, 0.1) is 6.92 Å². The average Bonchev–Trinajstić information content (AvgIpc) is 2.73. The van der Waals surface area contributed by atoms with Gasteiger partial charge in [-0.1, -0.05) is 27.7 Å². The van der Waals surface area contributed by atoms with Crippen molar-refractivity contribution in [1.82, 2.24) is 9.97 Å². The van der Waals surface area contributed by atoms with Crippen LogP contribution in [0.2, 0.25) is 0 Å². The molecule has 0 unspecified atom stereocenters. The Morgan fingerprint density at radius 3 is 2.36 bits per heavy atom. The molecule has 0 saturated carbocycles. The van der Waals surface area contributed by atoms with Crippen LogP contribution in [-0.2, 0) is 6.42 Å². The Morgan fingerprint density at radius 1 is 1.14 bits per heavy atom. The standard InChI is InChI=1S/C7H8N2O.2C2H6/c1-5-7-6(2-3-10-7)9-4-8-5;2*1-2/h4H,2-3H2,1H3;2*1-2H3. The Bertz CT molecular complexity index is 261. The summed E-state index contributed by atoms with van der Waals surface area (Å²) in [6, 6.07) is 0. The Morgan fingerprint density at radius 2 is 1.79 bits per heavy atom. The van der Waals surface area contributed by atoms with Gasteiger partial charge in [0, 0.05) is 6.42 Å². The number of aryl methyl sites for hydroxylation is 1. The lowest BCUT2D eigenvalue weighted by Gasteiger charge is -1.98. The molecule has 1 aromatic heterocycles. The lowest BCUT2D eigenvalue weighted by molar-refractivity contribution is 0.353. The fourth-order valence-electron chi connectivity index (χ4n) is 1.13. The molecule has 0 atom stereocenters. The second-order valence-corrected chi connectivity index (χ2v) is 2.33. The van der Waals surface area contributed by atoms with Crippen LogP contribution in [0.15, 0.2) is 6.33 Å². The summed E-state index contributed by atoms with van der Waals surface area (Å²) in [5, 5.41) is 0. The van der Waals surface area contributed by atoms with E-state index in [0.717, 1.165) is 30.2 Å². The summed E-state index contributed by atoms with van der Waals surface area (Å²) in [6.45, 7) is 10.7. The molecule has 0 amide bonds. The van der Waals surface area contributed by atoms with E-state index < -0.39 is 0 Å². The van der Waals surface area contributed by atoms with E-state index in [0.29, 0.717) is 0 Å². The summed E-state index contributed by atoms with van der Waals surface area (Å²) in [5.41, 5.74) is 2.00. The zero-order valence-corrected chi connectivity index (χ0v) is 9.79. The number of rotatable bonds is 0. The molecule has 1 aliphatic heterocycles. The Balaban J connectivity index is 0.000000379. The molecule has 2 heterocycles. The minimum atomic E-state index is 0.759. The zero-order chi connectivity index (χ0) is 11.0. The van der Waals surface area contributed by atoms with E-state index in [1.165, 1.54) is 0 Å². The number of ether oxygens (including phenoxy) is 1. The largest absolute Gasteiger partial charge is 0.489 e. The number of hydrogen-bond donors (Lipinski definition) is 0. The molecule has 2 rings (SSSR count). The van der Waals surface area contributed by atoms with E-state index in [1.807, 2.05) is 34.6 Å². The van der Waals surface area contributed by atoms with Crippen molar-refractivity contribution in [2.24, 2.45) is 0 Å². The molecule has 3 nitrogen and oxygen atoms in total. The first-order chi connectivity index (χ1) is 6.88. The smallest absolute Gasteiger partial charge is 0.162 e. The Labute approximate surface area is 86.5 Å². The number of hydrogen-bond acceptors (Lipinski definition) is 3. The van der Waals surface area contributed by atoms with E-state index in [-0.39, 0.29) is 0 Å². The van der Waals surface area contributed by atoms with Crippen LogP contribution in [0.1, 0.15) is 39.1 Å². The lowest BCUT2D eigenvalue weighted by Crippen LogP contribution is -1.90. The van der Waals surface area contributed by atoms with Crippen LogP contribution in [0.4, 0.5) is 0 Å². The van der Waals surface area contributed by atoms with Gasteiger partial charge in [0.15, 0.2) is 5.75 Å². The predicted octanol–water partition coefficient (Wildman–Crippen LogP) is 2.77. The number of aromatic nitrogens is 2. The summed E-state index contributed by atoms with van der Waals surface area (Å²) < 4.78 is 5.30. The van der Waals surface area contributed by atoms with Crippen LogP contribution in [0.25, 0.3) is 0 Å². The molecule has 1 aliphatic rings. The van der Waals surface area contributed by atoms with Gasteiger partial charge in [-0.25, -0.2) is 9.97 Å². The quantitative estimate of drug-likeness (QED) is 0.640. The van der Waals surface area contributed by atoms with E-state index in [4.69, 9.17) is 4.74 Å². The van der Waals surface area contributed by atoms with Crippen LogP contribution < -0.4 is 4.74 Å². The highest BCUT2D eigenvalue weighted by Crippen LogP contribution is 2.24. The fourth-order valence-corrected chi connectivity index (χ4v) is 1.13. The third-order valence-corrected chi connectivity index (χ3v) is 1.64. The molecule has 0 saturated heterocycles. The molecule has 14 heavy (non-hydrogen) atoms. The molecular formula is C11H20N2O. The maximum Gasteiger partial charge on any atom is 0.162 e. The van der Waals surface area contributed by atoms with Gasteiger partial charge in [0.05, 0.1) is 18.0 Å². The third-order valence-electron chi connectivity index (χ3n) is 1.64. The first kappa shape index (κ1) is 12.9. The minimum absolute atomic E-state index is 0.759. The van der Waals surface area contributed by atoms with E-state index >= 15 is 0 Å². The molecule has 0 fully saturated rings. The molecule has 80 valence electrons. The SMILES string of the molecule is CC.CC.Cc1ncnc2c1OCC2. The average molecular weight is 196 g/mol. The summed E-state index contributed by atoms with van der Waals surface area (Å²) >= 11 is 0. The number of nitrogens with zero attached hydrogens (tertiary/aromatic N) is 2. The summed E-state index contributed by atoms with van der Waals surface area (Å²) in [6.07, 6.45) is 2.52. The predicted molar refractivity (Wildman–Crippen MR) is 58.7 cm³/mol.